The van der Waals surface area contributed by atoms with Crippen molar-refractivity contribution >= 4 is 17.3 Å². The number of hydrogen-bond donors (Lipinski definition) is 1. The summed E-state index contributed by atoms with van der Waals surface area (Å²) >= 11 is 0. The molecule has 33 heavy (non-hydrogen) atoms. The van der Waals surface area contributed by atoms with E-state index in [-0.39, 0.29) is 42.0 Å². The van der Waals surface area contributed by atoms with Crippen molar-refractivity contribution in [1.82, 2.24) is 14.3 Å². The third-order valence-electron chi connectivity index (χ3n) is 5.78. The summed E-state index contributed by atoms with van der Waals surface area (Å²) in [6.07, 6.45) is 0. The van der Waals surface area contributed by atoms with E-state index in [0.717, 1.165) is 16.3 Å². The number of hydrogen-bond acceptors (Lipinski definition) is 5. The van der Waals surface area contributed by atoms with Crippen LogP contribution in [-0.4, -0.2) is 38.1 Å². The zero-order valence-corrected chi connectivity index (χ0v) is 18.8. The monoisotopic (exact) mass is 457 g/mol. The molecule has 1 N–H and O–H groups in total. The number of halogens is 2. The maximum atomic E-state index is 15.2. The highest BCUT2D eigenvalue weighted by molar-refractivity contribution is 6.12. The Bertz CT molecular complexity index is 1300. The molecule has 174 valence electrons. The lowest BCUT2D eigenvalue weighted by atomic mass is 10.0. The fraction of sp³-hybridized carbons (Fsp3) is 0.348. The minimum Gasteiger partial charge on any atom is -0.388 e. The summed E-state index contributed by atoms with van der Waals surface area (Å²) in [5.41, 5.74) is 0.650. The number of aromatic nitrogens is 3. The molecular weight excluding hydrogens is 432 g/mol. The quantitative estimate of drug-likeness (QED) is 0.637. The second-order valence-corrected chi connectivity index (χ2v) is 8.23. The molecule has 2 heterocycles. The summed E-state index contributed by atoms with van der Waals surface area (Å²) in [6.45, 7) is 7.14. The van der Waals surface area contributed by atoms with E-state index < -0.39 is 29.8 Å². The Kier molecular flexibility index (Phi) is 5.79. The number of benzene rings is 2. The summed E-state index contributed by atoms with van der Waals surface area (Å²) in [6, 6.07) is 6.83. The molecule has 1 amide bonds. The lowest BCUT2D eigenvalue weighted by Gasteiger charge is -2.40. The fourth-order valence-corrected chi connectivity index (χ4v) is 4.05. The van der Waals surface area contributed by atoms with Gasteiger partial charge in [0.25, 0.3) is 5.91 Å². The van der Waals surface area contributed by atoms with E-state index in [9.17, 15) is 19.1 Å². The van der Waals surface area contributed by atoms with E-state index in [1.807, 2.05) is 18.7 Å². The highest BCUT2D eigenvalue weighted by Gasteiger charge is 2.34. The Morgan fingerprint density at radius 3 is 2.39 bits per heavy atom. The number of rotatable bonds is 5. The van der Waals surface area contributed by atoms with Crippen molar-refractivity contribution in [3.8, 4) is 5.69 Å². The van der Waals surface area contributed by atoms with Gasteiger partial charge in [0, 0.05) is 12.6 Å². The largest absolute Gasteiger partial charge is 0.388 e. The van der Waals surface area contributed by atoms with E-state index >= 15 is 4.39 Å². The van der Waals surface area contributed by atoms with E-state index in [4.69, 9.17) is 0 Å². The van der Waals surface area contributed by atoms with Crippen LogP contribution in [0.15, 0.2) is 35.1 Å². The average molecular weight is 457 g/mol. The lowest BCUT2D eigenvalue weighted by molar-refractivity contribution is 0.0980. The van der Waals surface area contributed by atoms with Gasteiger partial charge >= 0.3 is 5.69 Å². The van der Waals surface area contributed by atoms with Crippen LogP contribution in [0.1, 0.15) is 42.5 Å². The van der Waals surface area contributed by atoms with Crippen molar-refractivity contribution in [2.45, 2.75) is 46.9 Å². The molecule has 0 radical (unpaired) electrons. The normalized spacial score (nSPS) is 13.8. The molecule has 2 aromatic carbocycles. The van der Waals surface area contributed by atoms with Crippen molar-refractivity contribution in [1.29, 1.82) is 0 Å². The highest BCUT2D eigenvalue weighted by atomic mass is 19.1. The van der Waals surface area contributed by atoms with E-state index in [0.29, 0.717) is 5.69 Å². The number of fused-ring (bicyclic) bond motifs is 1. The number of amides is 1. The Hall–Kier alpha value is -3.53. The Morgan fingerprint density at radius 1 is 1.06 bits per heavy atom. The van der Waals surface area contributed by atoms with Gasteiger partial charge in [0.2, 0.25) is 0 Å². The molecule has 8 nitrogen and oxygen atoms in total. The van der Waals surface area contributed by atoms with Crippen LogP contribution in [0.5, 0.6) is 0 Å². The molecule has 1 aliphatic heterocycles. The number of carbonyl (C=O) groups excluding carboxylic acids is 1. The molecular formula is C23H25F2N5O3. The van der Waals surface area contributed by atoms with Gasteiger partial charge in [-0.05, 0) is 57.5 Å². The van der Waals surface area contributed by atoms with Crippen molar-refractivity contribution in [2.24, 2.45) is 0 Å². The van der Waals surface area contributed by atoms with E-state index in [2.05, 4.69) is 5.10 Å². The summed E-state index contributed by atoms with van der Waals surface area (Å²) in [4.78, 5) is 29.2. The molecule has 0 spiro atoms. The third-order valence-corrected chi connectivity index (χ3v) is 5.78. The molecule has 0 saturated carbocycles. The molecule has 0 aliphatic carbocycles. The van der Waals surface area contributed by atoms with Gasteiger partial charge in [0.15, 0.2) is 5.82 Å². The smallest absolute Gasteiger partial charge is 0.350 e. The second kappa shape index (κ2) is 8.43. The van der Waals surface area contributed by atoms with Gasteiger partial charge in [-0.3, -0.25) is 14.3 Å². The van der Waals surface area contributed by atoms with Crippen molar-refractivity contribution < 1.29 is 18.7 Å². The summed E-state index contributed by atoms with van der Waals surface area (Å²) in [5, 5.41) is 13.6. The summed E-state index contributed by atoms with van der Waals surface area (Å²) in [7, 11) is 0. The van der Waals surface area contributed by atoms with Crippen molar-refractivity contribution in [2.75, 3.05) is 16.5 Å². The fourth-order valence-electron chi connectivity index (χ4n) is 4.05. The van der Waals surface area contributed by atoms with Gasteiger partial charge < -0.3 is 10.0 Å². The predicted molar refractivity (Wildman–Crippen MR) is 120 cm³/mol. The van der Waals surface area contributed by atoms with Crippen LogP contribution >= 0.6 is 0 Å². The molecule has 3 aromatic rings. The SMILES string of the molecule is CCn1c(CO)nn(-c2cc3c(cc2F)C(=O)N(c2cc(C)ccc2F)CN3C(C)C)c1=O. The van der Waals surface area contributed by atoms with Crippen molar-refractivity contribution in [3.05, 3.63) is 69.4 Å². The van der Waals surface area contributed by atoms with Crippen LogP contribution in [0.4, 0.5) is 20.2 Å². The number of carbonyl (C=O) groups is 1. The van der Waals surface area contributed by atoms with Crippen LogP contribution in [-0.2, 0) is 13.2 Å². The van der Waals surface area contributed by atoms with E-state index in [1.165, 1.54) is 21.6 Å². The molecule has 1 aromatic heterocycles. The zero-order chi connectivity index (χ0) is 24.0. The minimum absolute atomic E-state index is 0.0507. The first-order valence-corrected chi connectivity index (χ1v) is 10.7. The Balaban J connectivity index is 1.89. The minimum atomic E-state index is -0.829. The van der Waals surface area contributed by atoms with Gasteiger partial charge in [-0.25, -0.2) is 13.6 Å². The number of aryl methyl sites for hydroxylation is 1. The molecule has 10 heteroatoms. The molecule has 0 unspecified atom stereocenters. The Morgan fingerprint density at radius 2 is 1.79 bits per heavy atom. The predicted octanol–water partition coefficient (Wildman–Crippen LogP) is 2.97. The number of aliphatic hydroxyl groups excluding tert-OH is 1. The average Bonchev–Trinajstić information content (AvgIpc) is 3.10. The summed E-state index contributed by atoms with van der Waals surface area (Å²) < 4.78 is 32.0. The number of nitrogens with zero attached hydrogens (tertiary/aromatic N) is 5. The number of anilines is 2. The van der Waals surface area contributed by atoms with Crippen LogP contribution in [0.3, 0.4) is 0 Å². The van der Waals surface area contributed by atoms with Crippen LogP contribution < -0.4 is 15.5 Å². The third kappa shape index (κ3) is 3.70. The molecule has 0 fully saturated rings. The summed E-state index contributed by atoms with van der Waals surface area (Å²) in [5.74, 6) is -1.81. The van der Waals surface area contributed by atoms with Crippen LogP contribution in [0, 0.1) is 18.6 Å². The topological polar surface area (TPSA) is 83.6 Å². The molecule has 0 saturated heterocycles. The first-order valence-electron chi connectivity index (χ1n) is 10.7. The highest BCUT2D eigenvalue weighted by Crippen LogP contribution is 2.35. The maximum absolute atomic E-state index is 15.2. The maximum Gasteiger partial charge on any atom is 0.350 e. The second-order valence-electron chi connectivity index (χ2n) is 8.23. The van der Waals surface area contributed by atoms with Crippen LogP contribution in [0.2, 0.25) is 0 Å². The molecule has 0 bridgehead atoms. The first-order chi connectivity index (χ1) is 15.7. The van der Waals surface area contributed by atoms with Gasteiger partial charge in [-0.2, -0.15) is 4.68 Å². The lowest BCUT2D eigenvalue weighted by Crippen LogP contribution is -2.50. The zero-order valence-electron chi connectivity index (χ0n) is 18.8. The van der Waals surface area contributed by atoms with Crippen molar-refractivity contribution in [3.63, 3.8) is 0 Å². The number of aliphatic hydroxyl groups is 1. The Labute approximate surface area is 189 Å². The van der Waals surface area contributed by atoms with Crippen LogP contribution in [0.25, 0.3) is 5.69 Å². The molecule has 0 atom stereocenters. The van der Waals surface area contributed by atoms with E-state index in [1.54, 1.807) is 26.0 Å². The van der Waals surface area contributed by atoms with Gasteiger partial charge in [-0.1, -0.05) is 6.07 Å². The van der Waals surface area contributed by atoms with Gasteiger partial charge in [0.05, 0.1) is 23.6 Å². The molecule has 4 rings (SSSR count). The first kappa shape index (κ1) is 22.7. The molecule has 1 aliphatic rings. The van der Waals surface area contributed by atoms with Gasteiger partial charge in [-0.15, -0.1) is 5.10 Å². The standard InChI is InChI=1S/C23H25F2N5O3/c1-5-27-21(11-31)26-30(23(27)33)20-10-18-15(9-17(20)25)22(32)29(12-28(18)13(2)3)19-8-14(4)6-7-16(19)24/h6-10,13,31H,5,11-12H2,1-4H3. The van der Waals surface area contributed by atoms with Gasteiger partial charge in [0.1, 0.15) is 23.9 Å².